The Hall–Kier alpha value is -4.91. The van der Waals surface area contributed by atoms with Crippen molar-refractivity contribution in [1.82, 2.24) is 30.6 Å². The van der Waals surface area contributed by atoms with Crippen molar-refractivity contribution in [2.75, 3.05) is 13.7 Å². The number of nitrogens with zero attached hydrogens (tertiary/aromatic N) is 2. The van der Waals surface area contributed by atoms with E-state index in [1.807, 2.05) is 6.07 Å². The second-order valence-corrected chi connectivity index (χ2v) is 18.7. The van der Waals surface area contributed by atoms with Crippen LogP contribution in [0.5, 0.6) is 11.6 Å². The number of hydrogen-bond donors (Lipinski definition) is 5. The lowest BCUT2D eigenvalue weighted by Gasteiger charge is -2.35. The zero-order valence-corrected chi connectivity index (χ0v) is 34.1. The van der Waals surface area contributed by atoms with Gasteiger partial charge >= 0.3 is 13.1 Å². The van der Waals surface area contributed by atoms with E-state index in [-0.39, 0.29) is 38.4 Å². The van der Waals surface area contributed by atoms with Crippen LogP contribution in [0.15, 0.2) is 55.3 Å². The SMILES string of the molecule is C=C[C@@H]1C[C@]1(NC(=O)[C@@H]1C[C@@H](Oc2ncc(OC)c3ccc(Cl)cc23)CN1C(=O)[C@@H](NC(=O)NCc1ccc2c(c1)B(O)OC2)C(C)(C)C)C(=O)NS(=O)(=O)C1CC1. The first-order chi connectivity index (χ1) is 27.4. The van der Waals surface area contributed by atoms with E-state index < -0.39 is 81.2 Å². The van der Waals surface area contributed by atoms with Gasteiger partial charge in [0.15, 0.2) is 0 Å². The molecule has 0 unspecified atom stereocenters. The van der Waals surface area contributed by atoms with Gasteiger partial charge in [0.1, 0.15) is 29.5 Å². The van der Waals surface area contributed by atoms with Crippen molar-refractivity contribution in [3.05, 3.63) is 71.4 Å². The highest BCUT2D eigenvalue weighted by molar-refractivity contribution is 7.91. The Morgan fingerprint density at radius 2 is 1.93 bits per heavy atom. The topological polar surface area (TPSA) is 215 Å². The first-order valence-electron chi connectivity index (χ1n) is 19.0. The predicted molar refractivity (Wildman–Crippen MR) is 215 cm³/mol. The third-order valence-electron chi connectivity index (χ3n) is 11.1. The van der Waals surface area contributed by atoms with Gasteiger partial charge in [-0.3, -0.25) is 19.1 Å². The van der Waals surface area contributed by atoms with Gasteiger partial charge in [0.25, 0.3) is 5.91 Å². The van der Waals surface area contributed by atoms with E-state index >= 15 is 0 Å². The summed E-state index contributed by atoms with van der Waals surface area (Å²) in [6.07, 6.45) is 3.12. The average Bonchev–Trinajstić information content (AvgIpc) is 4.09. The van der Waals surface area contributed by atoms with Gasteiger partial charge in [0, 0.05) is 34.7 Å². The number of nitrogens with one attached hydrogen (secondary N) is 4. The van der Waals surface area contributed by atoms with E-state index in [9.17, 15) is 32.6 Å². The number of aromatic nitrogens is 1. The molecule has 0 radical (unpaired) electrons. The highest BCUT2D eigenvalue weighted by atomic mass is 35.5. The Morgan fingerprint density at radius 1 is 1.17 bits per heavy atom. The minimum Gasteiger partial charge on any atom is -0.494 e. The molecule has 1 aromatic heterocycles. The van der Waals surface area contributed by atoms with Crippen LogP contribution in [0, 0.1) is 11.3 Å². The van der Waals surface area contributed by atoms with E-state index in [2.05, 4.69) is 32.2 Å². The first-order valence-corrected chi connectivity index (χ1v) is 20.9. The van der Waals surface area contributed by atoms with Gasteiger partial charge in [0.05, 0.1) is 31.7 Å². The molecule has 7 rings (SSSR count). The molecule has 0 bridgehead atoms. The highest BCUT2D eigenvalue weighted by Gasteiger charge is 2.62. The van der Waals surface area contributed by atoms with Crippen molar-refractivity contribution in [3.8, 4) is 11.6 Å². The number of hydrogen-bond acceptors (Lipinski definition) is 11. The Bertz CT molecular complexity index is 2290. The lowest BCUT2D eigenvalue weighted by Crippen LogP contribution is -2.60. The van der Waals surface area contributed by atoms with E-state index in [0.717, 1.165) is 5.56 Å². The number of carbonyl (C=O) groups excluding carboxylic acids is 4. The molecule has 19 heteroatoms. The van der Waals surface area contributed by atoms with Gasteiger partial charge < -0.3 is 40.0 Å². The molecule has 2 saturated carbocycles. The minimum absolute atomic E-state index is 0.0406. The molecule has 3 fully saturated rings. The van der Waals surface area contributed by atoms with Crippen LogP contribution in [-0.2, 0) is 42.2 Å². The zero-order chi connectivity index (χ0) is 41.7. The number of rotatable bonds is 13. The molecule has 58 heavy (non-hydrogen) atoms. The fraction of sp³-hybridized carbons (Fsp3) is 0.462. The van der Waals surface area contributed by atoms with Gasteiger partial charge in [-0.15, -0.1) is 6.58 Å². The summed E-state index contributed by atoms with van der Waals surface area (Å²) in [4.78, 5) is 61.8. The van der Waals surface area contributed by atoms with Crippen molar-refractivity contribution in [1.29, 1.82) is 0 Å². The third-order valence-corrected chi connectivity index (χ3v) is 13.1. The van der Waals surface area contributed by atoms with Crippen LogP contribution in [-0.4, -0.2) is 96.8 Å². The summed E-state index contributed by atoms with van der Waals surface area (Å²) in [6.45, 7) is 9.34. The number of fused-ring (bicyclic) bond motifs is 2. The largest absolute Gasteiger partial charge is 0.494 e. The van der Waals surface area contributed by atoms with Crippen LogP contribution in [0.25, 0.3) is 10.8 Å². The Labute approximate surface area is 341 Å². The molecular formula is C39H46BClN6O10S. The Balaban J connectivity index is 1.14. The molecule has 2 aromatic carbocycles. The second-order valence-electron chi connectivity index (χ2n) is 16.3. The average molecular weight is 837 g/mol. The summed E-state index contributed by atoms with van der Waals surface area (Å²) in [5.74, 6) is -2.07. The molecule has 5 N–H and O–H groups in total. The number of benzene rings is 2. The molecule has 16 nitrogen and oxygen atoms in total. The fourth-order valence-corrected chi connectivity index (χ4v) is 9.06. The molecule has 5 amide bonds. The summed E-state index contributed by atoms with van der Waals surface area (Å²) in [5.41, 5.74) is -0.290. The number of methoxy groups -OCH3 is 1. The number of carbonyl (C=O) groups is 4. The van der Waals surface area contributed by atoms with Crippen LogP contribution in [0.3, 0.4) is 0 Å². The third kappa shape index (κ3) is 8.33. The minimum atomic E-state index is -3.93. The number of sulfonamides is 1. The van der Waals surface area contributed by atoms with E-state index in [4.69, 9.17) is 25.7 Å². The summed E-state index contributed by atoms with van der Waals surface area (Å²) in [6, 6.07) is 7.48. The zero-order valence-electron chi connectivity index (χ0n) is 32.5. The Kier molecular flexibility index (Phi) is 11.2. The summed E-state index contributed by atoms with van der Waals surface area (Å²) < 4.78 is 44.8. The molecule has 5 atom stereocenters. The number of ether oxygens (including phenoxy) is 2. The maximum atomic E-state index is 14.7. The predicted octanol–water partition coefficient (Wildman–Crippen LogP) is 2.05. The van der Waals surface area contributed by atoms with Gasteiger partial charge in [-0.25, -0.2) is 18.2 Å². The van der Waals surface area contributed by atoms with Crippen molar-refractivity contribution < 1.29 is 46.7 Å². The molecular weight excluding hydrogens is 791 g/mol. The van der Waals surface area contributed by atoms with Gasteiger partial charge in [-0.2, -0.15) is 0 Å². The monoisotopic (exact) mass is 836 g/mol. The number of halogens is 1. The maximum Gasteiger partial charge on any atom is 0.491 e. The summed E-state index contributed by atoms with van der Waals surface area (Å²) in [5, 5.41) is 19.4. The normalized spacial score (nSPS) is 23.1. The van der Waals surface area contributed by atoms with Crippen LogP contribution < -0.4 is 35.6 Å². The Morgan fingerprint density at radius 3 is 2.60 bits per heavy atom. The highest BCUT2D eigenvalue weighted by Crippen LogP contribution is 2.46. The molecule has 3 heterocycles. The van der Waals surface area contributed by atoms with Crippen molar-refractivity contribution in [2.45, 2.75) is 88.6 Å². The van der Waals surface area contributed by atoms with Crippen LogP contribution in [0.1, 0.15) is 57.6 Å². The fourth-order valence-electron chi connectivity index (χ4n) is 7.53. The number of urea groups is 1. The number of likely N-dealkylation sites (tertiary alicyclic amines) is 1. The van der Waals surface area contributed by atoms with E-state index in [0.29, 0.717) is 45.4 Å². The summed E-state index contributed by atoms with van der Waals surface area (Å²) >= 11 is 6.35. The number of amides is 5. The molecule has 2 aliphatic heterocycles. The van der Waals surface area contributed by atoms with Crippen LogP contribution in [0.4, 0.5) is 4.79 Å². The van der Waals surface area contributed by atoms with Crippen LogP contribution >= 0.6 is 11.6 Å². The van der Waals surface area contributed by atoms with Crippen molar-refractivity contribution >= 4 is 68.7 Å². The van der Waals surface area contributed by atoms with Gasteiger partial charge in [-0.1, -0.05) is 56.6 Å². The molecule has 1 saturated heterocycles. The van der Waals surface area contributed by atoms with E-state index in [1.165, 1.54) is 24.3 Å². The quantitative estimate of drug-likeness (QED) is 0.124. The molecule has 2 aliphatic carbocycles. The maximum absolute atomic E-state index is 14.7. The van der Waals surface area contributed by atoms with Crippen LogP contribution in [0.2, 0.25) is 5.02 Å². The standard InChI is InChI=1S/C39H46BClN6O10S/c1-6-23-16-39(23,36(50)46-58(53,54)26-10-11-26)45-33(48)30-15-25(57-34-28-14-24(41)9-12-27(28)31(55-5)18-42-34)19-47(30)35(49)32(38(2,3)4)44-37(51)43-17-21-7-8-22-20-56-40(52)29(22)13-21/h6-9,12-14,18,23,25-26,30,32,52H,1,10-11,15-17,19-20H2,2-5H3,(H,45,48)(H,46,50)(H2,43,44,51)/t23-,25-,30+,32-,39-/m1/s1. The molecule has 3 aromatic rings. The van der Waals surface area contributed by atoms with Crippen molar-refractivity contribution in [3.63, 3.8) is 0 Å². The van der Waals surface area contributed by atoms with Crippen molar-refractivity contribution in [2.24, 2.45) is 11.3 Å². The van der Waals surface area contributed by atoms with Gasteiger partial charge in [0.2, 0.25) is 27.7 Å². The molecule has 0 spiro atoms. The number of pyridine rings is 1. The summed E-state index contributed by atoms with van der Waals surface area (Å²) in [7, 11) is -3.48. The first kappa shape index (κ1) is 41.3. The molecule has 308 valence electrons. The van der Waals surface area contributed by atoms with Gasteiger partial charge in [-0.05, 0) is 59.5 Å². The lowest BCUT2D eigenvalue weighted by atomic mass is 9.79. The molecule has 4 aliphatic rings. The van der Waals surface area contributed by atoms with E-state index in [1.54, 1.807) is 51.1 Å². The second kappa shape index (κ2) is 15.7. The lowest BCUT2D eigenvalue weighted by molar-refractivity contribution is -0.142. The smallest absolute Gasteiger partial charge is 0.491 e.